The van der Waals surface area contributed by atoms with Crippen LogP contribution in [0, 0.1) is 0 Å². The van der Waals surface area contributed by atoms with Crippen molar-refractivity contribution in [3.05, 3.63) is 65.5 Å². The van der Waals surface area contributed by atoms with Gasteiger partial charge in [0, 0.05) is 42.2 Å². The molecule has 0 bridgehead atoms. The number of anilines is 1. The fourth-order valence-corrected chi connectivity index (χ4v) is 2.86. The van der Waals surface area contributed by atoms with Crippen LogP contribution in [0.25, 0.3) is 17.3 Å². The van der Waals surface area contributed by atoms with Crippen LogP contribution in [0.5, 0.6) is 0 Å². The monoisotopic (exact) mass is 425 g/mol. The Hall–Kier alpha value is -3.19. The van der Waals surface area contributed by atoms with E-state index in [-0.39, 0.29) is 5.28 Å². The van der Waals surface area contributed by atoms with Crippen LogP contribution in [0.3, 0.4) is 0 Å². The number of aromatic nitrogens is 4. The van der Waals surface area contributed by atoms with Crippen molar-refractivity contribution in [1.82, 2.24) is 19.5 Å². The summed E-state index contributed by atoms with van der Waals surface area (Å²) in [5, 5.41) is 3.37. The van der Waals surface area contributed by atoms with Crippen molar-refractivity contribution in [2.75, 3.05) is 11.9 Å². The molecule has 7 nitrogen and oxygen atoms in total. The second-order valence-corrected chi connectivity index (χ2v) is 7.22. The zero-order valence-corrected chi connectivity index (χ0v) is 17.9. The van der Waals surface area contributed by atoms with E-state index in [4.69, 9.17) is 16.3 Å². The lowest BCUT2D eigenvalue weighted by molar-refractivity contribution is -0.137. The minimum atomic E-state index is -0.422. The molecule has 0 aliphatic heterocycles. The standard InChI is InChI=1S/C22H24ClN5O2/c1-4-30-20(29)10-9-18-12-25-22(23)27-21(18)24-11-16-5-7-17(8-6-16)19-13-28(14-26-19)15(2)3/h5-10,12-15H,4,11H2,1-3H3,(H,24,25,27)/b10-9+. The molecule has 0 spiro atoms. The lowest BCUT2D eigenvalue weighted by Crippen LogP contribution is -2.05. The fraction of sp³-hybridized carbons (Fsp3) is 0.273. The number of nitrogens with zero attached hydrogens (tertiary/aromatic N) is 4. The molecule has 0 atom stereocenters. The molecular weight excluding hydrogens is 402 g/mol. The van der Waals surface area contributed by atoms with Crippen LogP contribution in [0.2, 0.25) is 5.28 Å². The van der Waals surface area contributed by atoms with Gasteiger partial charge in [-0.15, -0.1) is 0 Å². The van der Waals surface area contributed by atoms with Gasteiger partial charge < -0.3 is 14.6 Å². The van der Waals surface area contributed by atoms with Crippen LogP contribution >= 0.6 is 11.6 Å². The van der Waals surface area contributed by atoms with Gasteiger partial charge in [-0.1, -0.05) is 24.3 Å². The second kappa shape index (κ2) is 10.0. The SMILES string of the molecule is CCOC(=O)/C=C/c1cnc(Cl)nc1NCc1ccc(-c2cn(C(C)C)cn2)cc1. The van der Waals surface area contributed by atoms with Crippen molar-refractivity contribution in [3.63, 3.8) is 0 Å². The van der Waals surface area contributed by atoms with Gasteiger partial charge in [0.1, 0.15) is 5.82 Å². The molecule has 2 aromatic heterocycles. The summed E-state index contributed by atoms with van der Waals surface area (Å²) in [6.07, 6.45) is 8.39. The van der Waals surface area contributed by atoms with Crippen LogP contribution in [0.15, 0.2) is 49.1 Å². The fourth-order valence-electron chi connectivity index (χ4n) is 2.73. The molecule has 0 radical (unpaired) electrons. The molecule has 3 rings (SSSR count). The van der Waals surface area contributed by atoms with E-state index < -0.39 is 5.97 Å². The van der Waals surface area contributed by atoms with Crippen molar-refractivity contribution < 1.29 is 9.53 Å². The number of rotatable bonds is 8. The molecule has 2 heterocycles. The quantitative estimate of drug-likeness (QED) is 0.318. The molecule has 0 aliphatic rings. The number of nitrogens with one attached hydrogen (secondary N) is 1. The van der Waals surface area contributed by atoms with Crippen LogP contribution < -0.4 is 5.32 Å². The van der Waals surface area contributed by atoms with Gasteiger partial charge in [-0.2, -0.15) is 0 Å². The summed E-state index contributed by atoms with van der Waals surface area (Å²) in [4.78, 5) is 24.2. The molecule has 8 heteroatoms. The Morgan fingerprint density at radius 2 is 2.03 bits per heavy atom. The maximum atomic E-state index is 11.6. The molecule has 156 valence electrons. The third-order valence-electron chi connectivity index (χ3n) is 4.38. The van der Waals surface area contributed by atoms with Gasteiger partial charge in [0.05, 0.1) is 18.6 Å². The van der Waals surface area contributed by atoms with Gasteiger partial charge in [0.25, 0.3) is 0 Å². The summed E-state index contributed by atoms with van der Waals surface area (Å²) in [6.45, 7) is 6.85. The van der Waals surface area contributed by atoms with E-state index in [2.05, 4.69) is 38.7 Å². The lowest BCUT2D eigenvalue weighted by atomic mass is 10.1. The Morgan fingerprint density at radius 1 is 1.27 bits per heavy atom. The van der Waals surface area contributed by atoms with Crippen LogP contribution in [0.4, 0.5) is 5.82 Å². The number of carbonyl (C=O) groups is 1. The van der Waals surface area contributed by atoms with Crippen LogP contribution in [0.1, 0.15) is 37.9 Å². The van der Waals surface area contributed by atoms with E-state index in [1.807, 2.05) is 36.8 Å². The van der Waals surface area contributed by atoms with Crippen LogP contribution in [-0.4, -0.2) is 32.1 Å². The average molecular weight is 426 g/mol. The lowest BCUT2D eigenvalue weighted by Gasteiger charge is -2.09. The Balaban J connectivity index is 1.69. The number of halogens is 1. The highest BCUT2D eigenvalue weighted by Crippen LogP contribution is 2.21. The number of benzene rings is 1. The summed E-state index contributed by atoms with van der Waals surface area (Å²) < 4.78 is 6.98. The summed E-state index contributed by atoms with van der Waals surface area (Å²) in [6, 6.07) is 8.53. The Labute approximate surface area is 180 Å². The highest BCUT2D eigenvalue weighted by molar-refractivity contribution is 6.28. The van der Waals surface area contributed by atoms with E-state index in [9.17, 15) is 4.79 Å². The number of imidazole rings is 1. The Morgan fingerprint density at radius 3 is 2.70 bits per heavy atom. The first kappa shape index (κ1) is 21.5. The third kappa shape index (κ3) is 5.67. The Kier molecular flexibility index (Phi) is 7.19. The molecule has 0 amide bonds. The zero-order valence-electron chi connectivity index (χ0n) is 17.2. The number of esters is 1. The highest BCUT2D eigenvalue weighted by atomic mass is 35.5. The van der Waals surface area contributed by atoms with E-state index >= 15 is 0 Å². The highest BCUT2D eigenvalue weighted by Gasteiger charge is 2.07. The maximum absolute atomic E-state index is 11.6. The normalized spacial score (nSPS) is 11.2. The third-order valence-corrected chi connectivity index (χ3v) is 4.56. The van der Waals surface area contributed by atoms with E-state index in [0.29, 0.717) is 30.6 Å². The van der Waals surface area contributed by atoms with Crippen molar-refractivity contribution in [1.29, 1.82) is 0 Å². The van der Waals surface area contributed by atoms with Crippen LogP contribution in [-0.2, 0) is 16.1 Å². The molecular formula is C22H24ClN5O2. The summed E-state index contributed by atoms with van der Waals surface area (Å²) >= 11 is 5.94. The largest absolute Gasteiger partial charge is 0.463 e. The number of ether oxygens (including phenoxy) is 1. The summed E-state index contributed by atoms with van der Waals surface area (Å²) in [5.41, 5.74) is 3.71. The van der Waals surface area contributed by atoms with Gasteiger partial charge in [-0.3, -0.25) is 0 Å². The maximum Gasteiger partial charge on any atom is 0.330 e. The van der Waals surface area contributed by atoms with E-state index in [1.54, 1.807) is 19.2 Å². The first-order valence-electron chi connectivity index (χ1n) is 9.70. The molecule has 0 fully saturated rings. The van der Waals surface area contributed by atoms with Crippen molar-refractivity contribution >= 4 is 29.5 Å². The first-order valence-corrected chi connectivity index (χ1v) is 10.1. The average Bonchev–Trinajstić information content (AvgIpc) is 3.23. The molecule has 1 aromatic carbocycles. The van der Waals surface area contributed by atoms with Crippen molar-refractivity contribution in [2.24, 2.45) is 0 Å². The van der Waals surface area contributed by atoms with Gasteiger partial charge in [0.2, 0.25) is 5.28 Å². The number of hydrogen-bond acceptors (Lipinski definition) is 6. The van der Waals surface area contributed by atoms with Gasteiger partial charge in [-0.25, -0.2) is 19.7 Å². The smallest absolute Gasteiger partial charge is 0.330 e. The van der Waals surface area contributed by atoms with Gasteiger partial charge >= 0.3 is 5.97 Å². The molecule has 1 N–H and O–H groups in total. The molecule has 0 aliphatic carbocycles. The van der Waals surface area contributed by atoms with Gasteiger partial charge in [0.15, 0.2) is 0 Å². The first-order chi connectivity index (χ1) is 14.5. The minimum Gasteiger partial charge on any atom is -0.463 e. The van der Waals surface area contributed by atoms with E-state index in [0.717, 1.165) is 16.8 Å². The van der Waals surface area contributed by atoms with Crippen molar-refractivity contribution in [2.45, 2.75) is 33.4 Å². The predicted octanol–water partition coefficient (Wildman–Crippen LogP) is 4.76. The topological polar surface area (TPSA) is 81.9 Å². The summed E-state index contributed by atoms with van der Waals surface area (Å²) in [7, 11) is 0. The number of hydrogen-bond donors (Lipinski definition) is 1. The molecule has 3 aromatic rings. The summed E-state index contributed by atoms with van der Waals surface area (Å²) in [5.74, 6) is 0.115. The zero-order chi connectivity index (χ0) is 21.5. The second-order valence-electron chi connectivity index (χ2n) is 6.88. The predicted molar refractivity (Wildman–Crippen MR) is 118 cm³/mol. The van der Waals surface area contributed by atoms with E-state index in [1.165, 1.54) is 6.08 Å². The molecule has 0 saturated carbocycles. The Bertz CT molecular complexity index is 1030. The number of carbonyl (C=O) groups excluding carboxylic acids is 1. The molecule has 30 heavy (non-hydrogen) atoms. The van der Waals surface area contributed by atoms with Crippen molar-refractivity contribution in [3.8, 4) is 11.3 Å². The molecule has 0 unspecified atom stereocenters. The van der Waals surface area contributed by atoms with Gasteiger partial charge in [-0.05, 0) is 44.0 Å². The minimum absolute atomic E-state index is 0.127. The molecule has 0 saturated heterocycles.